The zero-order valence-electron chi connectivity index (χ0n) is 26.2. The molecule has 5 aromatic carbocycles. The number of hydrogen-bond acceptors (Lipinski definition) is 3. The maximum atomic E-state index is 9.86. The van der Waals surface area contributed by atoms with Gasteiger partial charge in [-0.1, -0.05) is 145 Å². The van der Waals surface area contributed by atoms with E-state index in [0.29, 0.717) is 13.2 Å². The summed E-state index contributed by atoms with van der Waals surface area (Å²) in [6, 6.07) is 25.5. The van der Waals surface area contributed by atoms with Gasteiger partial charge < -0.3 is 14.6 Å². The lowest BCUT2D eigenvalue weighted by Gasteiger charge is -2.15. The minimum atomic E-state index is -0.0366. The van der Waals surface area contributed by atoms with Crippen LogP contribution in [0, 0.1) is 0 Å². The molecule has 0 saturated carbocycles. The molecule has 5 aromatic rings. The first-order valence-electron chi connectivity index (χ1n) is 16.9. The van der Waals surface area contributed by atoms with Gasteiger partial charge in [0.25, 0.3) is 0 Å². The highest BCUT2D eigenvalue weighted by Gasteiger charge is 2.12. The average molecular weight is 579 g/mol. The lowest BCUT2D eigenvalue weighted by molar-refractivity contribution is 0.271. The van der Waals surface area contributed by atoms with Crippen LogP contribution in [0.4, 0.5) is 0 Å². The second-order valence-electron chi connectivity index (χ2n) is 12.3. The Balaban J connectivity index is 1.05. The lowest BCUT2D eigenvalue weighted by atomic mass is 9.92. The van der Waals surface area contributed by atoms with Gasteiger partial charge in [0.2, 0.25) is 0 Å². The van der Waals surface area contributed by atoms with Crippen molar-refractivity contribution < 1.29 is 14.6 Å². The Morgan fingerprint density at radius 1 is 0.535 bits per heavy atom. The first-order valence-corrected chi connectivity index (χ1v) is 16.9. The molecule has 0 spiro atoms. The fourth-order valence-corrected chi connectivity index (χ4v) is 6.46. The molecular weight excluding hydrogens is 528 g/mol. The van der Waals surface area contributed by atoms with E-state index < -0.39 is 0 Å². The normalized spacial score (nSPS) is 11.7. The Hall–Kier alpha value is -3.30. The van der Waals surface area contributed by atoms with E-state index in [2.05, 4.69) is 61.5 Å². The van der Waals surface area contributed by atoms with Crippen LogP contribution in [0.5, 0.6) is 11.5 Å². The van der Waals surface area contributed by atoms with Crippen LogP contribution in [0.25, 0.3) is 32.3 Å². The molecule has 0 heterocycles. The molecule has 0 radical (unpaired) electrons. The molecule has 0 aromatic heterocycles. The molecule has 3 nitrogen and oxygen atoms in total. The second kappa shape index (κ2) is 16.5. The first kappa shape index (κ1) is 31.1. The molecule has 5 rings (SSSR count). The van der Waals surface area contributed by atoms with E-state index in [1.54, 1.807) is 0 Å². The van der Waals surface area contributed by atoms with Gasteiger partial charge >= 0.3 is 0 Å². The lowest BCUT2D eigenvalue weighted by Crippen LogP contribution is -2.01. The van der Waals surface area contributed by atoms with Crippen LogP contribution in [-0.4, -0.2) is 11.7 Å². The molecule has 0 bridgehead atoms. The Bertz CT molecular complexity index is 1520. The van der Waals surface area contributed by atoms with Gasteiger partial charge in [-0.05, 0) is 62.0 Å². The van der Waals surface area contributed by atoms with Crippen LogP contribution >= 0.6 is 0 Å². The van der Waals surface area contributed by atoms with E-state index in [1.165, 1.54) is 116 Å². The summed E-state index contributed by atoms with van der Waals surface area (Å²) in [6.07, 6.45) is 18.9. The summed E-state index contributed by atoms with van der Waals surface area (Å²) in [5, 5.41) is 17.5. The number of unbranched alkanes of at least 4 members (excludes halogenated alkanes) is 13. The maximum absolute atomic E-state index is 9.86. The van der Waals surface area contributed by atoms with Crippen LogP contribution in [0.3, 0.4) is 0 Å². The maximum Gasteiger partial charge on any atom is 0.123 e. The first-order chi connectivity index (χ1) is 21.3. The molecule has 0 amide bonds. The Morgan fingerprint density at radius 2 is 1.07 bits per heavy atom. The molecule has 0 fully saturated rings. The molecule has 0 aliphatic heterocycles. The van der Waals surface area contributed by atoms with Crippen LogP contribution < -0.4 is 9.47 Å². The topological polar surface area (TPSA) is 38.7 Å². The summed E-state index contributed by atoms with van der Waals surface area (Å²) in [6.45, 7) is 3.40. The summed E-state index contributed by atoms with van der Waals surface area (Å²) in [5.41, 5.74) is 1.97. The van der Waals surface area contributed by atoms with Crippen molar-refractivity contribution in [1.82, 2.24) is 0 Å². The Labute approximate surface area is 258 Å². The fourth-order valence-electron chi connectivity index (χ4n) is 6.46. The van der Waals surface area contributed by atoms with E-state index in [-0.39, 0.29) is 6.61 Å². The van der Waals surface area contributed by atoms with Crippen LogP contribution in [0.1, 0.15) is 108 Å². The van der Waals surface area contributed by atoms with Gasteiger partial charge in [0.1, 0.15) is 18.1 Å². The summed E-state index contributed by atoms with van der Waals surface area (Å²) < 4.78 is 12.4. The predicted octanol–water partition coefficient (Wildman–Crippen LogP) is 11.5. The van der Waals surface area contributed by atoms with Crippen molar-refractivity contribution in [3.63, 3.8) is 0 Å². The number of benzene rings is 5. The van der Waals surface area contributed by atoms with Crippen molar-refractivity contribution in [3.8, 4) is 11.5 Å². The summed E-state index contributed by atoms with van der Waals surface area (Å²) in [7, 11) is 0. The third-order valence-electron chi connectivity index (χ3n) is 8.90. The molecule has 3 heteroatoms. The SMILES string of the molecule is CCCCCCCCCCCCCCCCOc1cc(CO)cc(OCc2ccc3ccc4cccc5ccc2c3c45)c1. The zero-order chi connectivity index (χ0) is 29.7. The number of ether oxygens (including phenoxy) is 2. The van der Waals surface area contributed by atoms with E-state index in [9.17, 15) is 5.11 Å². The summed E-state index contributed by atoms with van der Waals surface area (Å²) >= 11 is 0. The molecule has 43 heavy (non-hydrogen) atoms. The van der Waals surface area contributed by atoms with Crippen molar-refractivity contribution in [3.05, 3.63) is 83.9 Å². The third kappa shape index (κ3) is 8.63. The molecule has 0 aliphatic rings. The number of aliphatic hydroxyl groups excluding tert-OH is 1. The smallest absolute Gasteiger partial charge is 0.123 e. The fraction of sp³-hybridized carbons (Fsp3) is 0.450. The van der Waals surface area contributed by atoms with Gasteiger partial charge in [-0.25, -0.2) is 0 Å². The molecule has 0 aliphatic carbocycles. The van der Waals surface area contributed by atoms with Crippen molar-refractivity contribution in [2.24, 2.45) is 0 Å². The molecule has 0 atom stereocenters. The minimum Gasteiger partial charge on any atom is -0.493 e. The molecule has 0 saturated heterocycles. The van der Waals surface area contributed by atoms with E-state index in [0.717, 1.165) is 29.0 Å². The summed E-state index contributed by atoms with van der Waals surface area (Å²) in [4.78, 5) is 0. The standard InChI is InChI=1S/C40H50O3/c1-2-3-4-5-6-7-8-9-10-11-12-13-14-15-25-42-36-26-31(29-41)27-37(28-36)43-30-35-22-21-34-20-19-32-17-16-18-33-23-24-38(35)40(34)39(32)33/h16-24,26-28,41H,2-15,25,29-30H2,1H3. The van der Waals surface area contributed by atoms with E-state index >= 15 is 0 Å². The van der Waals surface area contributed by atoms with Crippen molar-refractivity contribution in [2.45, 2.75) is 110 Å². The van der Waals surface area contributed by atoms with E-state index in [1.807, 2.05) is 18.2 Å². The van der Waals surface area contributed by atoms with Gasteiger partial charge in [-0.15, -0.1) is 0 Å². The predicted molar refractivity (Wildman–Crippen MR) is 183 cm³/mol. The number of rotatable bonds is 20. The van der Waals surface area contributed by atoms with Gasteiger partial charge in [0.05, 0.1) is 13.2 Å². The van der Waals surface area contributed by atoms with Gasteiger partial charge in [-0.3, -0.25) is 0 Å². The highest BCUT2D eigenvalue weighted by molar-refractivity contribution is 6.23. The van der Waals surface area contributed by atoms with Gasteiger partial charge in [0, 0.05) is 6.07 Å². The van der Waals surface area contributed by atoms with Gasteiger partial charge in [-0.2, -0.15) is 0 Å². The monoisotopic (exact) mass is 578 g/mol. The number of hydrogen-bond donors (Lipinski definition) is 1. The van der Waals surface area contributed by atoms with Crippen molar-refractivity contribution in [1.29, 1.82) is 0 Å². The summed E-state index contributed by atoms with van der Waals surface area (Å²) in [5.74, 6) is 1.50. The van der Waals surface area contributed by atoms with Crippen LogP contribution in [0.2, 0.25) is 0 Å². The van der Waals surface area contributed by atoms with E-state index in [4.69, 9.17) is 9.47 Å². The third-order valence-corrected chi connectivity index (χ3v) is 8.90. The highest BCUT2D eigenvalue weighted by atomic mass is 16.5. The Morgan fingerprint density at radius 3 is 1.70 bits per heavy atom. The second-order valence-corrected chi connectivity index (χ2v) is 12.3. The van der Waals surface area contributed by atoms with Crippen LogP contribution in [-0.2, 0) is 13.2 Å². The zero-order valence-corrected chi connectivity index (χ0v) is 26.2. The largest absolute Gasteiger partial charge is 0.493 e. The number of aliphatic hydroxyl groups is 1. The Kier molecular flexibility index (Phi) is 12.0. The molecule has 0 unspecified atom stereocenters. The minimum absolute atomic E-state index is 0.0366. The van der Waals surface area contributed by atoms with Gasteiger partial charge in [0.15, 0.2) is 0 Å². The molecule has 1 N–H and O–H groups in total. The quantitative estimate of drug-likeness (QED) is 0.0737. The van der Waals surface area contributed by atoms with Crippen molar-refractivity contribution in [2.75, 3.05) is 6.61 Å². The highest BCUT2D eigenvalue weighted by Crippen LogP contribution is 2.36. The molecular formula is C40H50O3. The molecule has 228 valence electrons. The van der Waals surface area contributed by atoms with Crippen LogP contribution in [0.15, 0.2) is 72.8 Å². The van der Waals surface area contributed by atoms with Crippen molar-refractivity contribution >= 4 is 32.3 Å². The average Bonchev–Trinajstić information content (AvgIpc) is 3.04.